The summed E-state index contributed by atoms with van der Waals surface area (Å²) < 4.78 is 5.56. The molecule has 5 nitrogen and oxygen atoms in total. The molecule has 2 amide bonds. The third-order valence-electron chi connectivity index (χ3n) is 2.79. The van der Waals surface area contributed by atoms with Gasteiger partial charge in [0.2, 0.25) is 5.91 Å². The molecule has 0 saturated carbocycles. The number of benzene rings is 1. The average molecular weight is 292 g/mol. The Labute approximate surface area is 126 Å². The monoisotopic (exact) mass is 292 g/mol. The summed E-state index contributed by atoms with van der Waals surface area (Å²) >= 11 is 0. The molecule has 1 rings (SSSR count). The van der Waals surface area contributed by atoms with Crippen molar-refractivity contribution in [2.45, 2.75) is 33.7 Å². The molecule has 0 radical (unpaired) electrons. The van der Waals surface area contributed by atoms with Gasteiger partial charge >= 0.3 is 0 Å². The molecule has 2 N–H and O–H groups in total. The number of carbonyl (C=O) groups excluding carboxylic acids is 2. The first kappa shape index (κ1) is 17.0. The Bertz CT molecular complexity index is 469. The van der Waals surface area contributed by atoms with Crippen molar-refractivity contribution >= 4 is 11.8 Å². The molecule has 0 bridgehead atoms. The van der Waals surface area contributed by atoms with Crippen molar-refractivity contribution in [3.05, 3.63) is 29.8 Å². The van der Waals surface area contributed by atoms with Gasteiger partial charge < -0.3 is 15.4 Å². The number of ether oxygens (including phenoxy) is 1. The summed E-state index contributed by atoms with van der Waals surface area (Å²) in [6.45, 7) is 8.82. The predicted octanol–water partition coefficient (Wildman–Crippen LogP) is 1.98. The van der Waals surface area contributed by atoms with Crippen molar-refractivity contribution in [2.24, 2.45) is 5.92 Å². The lowest BCUT2D eigenvalue weighted by Crippen LogP contribution is -2.44. The second-order valence-corrected chi connectivity index (χ2v) is 5.32. The van der Waals surface area contributed by atoms with Gasteiger partial charge in [-0.2, -0.15) is 0 Å². The fourth-order valence-electron chi connectivity index (χ4n) is 1.64. The van der Waals surface area contributed by atoms with E-state index in [9.17, 15) is 9.59 Å². The van der Waals surface area contributed by atoms with Crippen molar-refractivity contribution in [3.8, 4) is 5.75 Å². The molecule has 0 saturated heterocycles. The van der Waals surface area contributed by atoms with E-state index >= 15 is 0 Å². The van der Waals surface area contributed by atoms with Gasteiger partial charge in [0.1, 0.15) is 11.8 Å². The summed E-state index contributed by atoms with van der Waals surface area (Å²) in [4.78, 5) is 23.6. The van der Waals surface area contributed by atoms with E-state index in [1.807, 2.05) is 6.92 Å². The summed E-state index contributed by atoms with van der Waals surface area (Å²) in [5, 5.41) is 5.32. The van der Waals surface area contributed by atoms with Crippen LogP contribution in [0.3, 0.4) is 0 Å². The molecular formula is C16H24N2O3. The Hall–Kier alpha value is -2.04. The molecule has 0 aliphatic carbocycles. The lowest BCUT2D eigenvalue weighted by molar-refractivity contribution is -0.122. The van der Waals surface area contributed by atoms with Crippen molar-refractivity contribution in [1.82, 2.24) is 10.6 Å². The van der Waals surface area contributed by atoms with Crippen LogP contribution >= 0.6 is 0 Å². The van der Waals surface area contributed by atoms with Crippen LogP contribution in [-0.4, -0.2) is 31.0 Å². The summed E-state index contributed by atoms with van der Waals surface area (Å²) in [5.74, 6) is 0.717. The molecule has 1 unspecified atom stereocenters. The van der Waals surface area contributed by atoms with Crippen molar-refractivity contribution in [3.63, 3.8) is 0 Å². The maximum atomic E-state index is 12.0. The minimum Gasteiger partial charge on any atom is -0.493 e. The number of carbonyl (C=O) groups is 2. The topological polar surface area (TPSA) is 67.4 Å². The normalized spacial score (nSPS) is 11.9. The van der Waals surface area contributed by atoms with Gasteiger partial charge in [-0.05, 0) is 44.0 Å². The van der Waals surface area contributed by atoms with E-state index < -0.39 is 6.04 Å². The molecule has 1 atom stereocenters. The maximum Gasteiger partial charge on any atom is 0.251 e. The van der Waals surface area contributed by atoms with Gasteiger partial charge in [0.05, 0.1) is 6.61 Å². The largest absolute Gasteiger partial charge is 0.493 e. The van der Waals surface area contributed by atoms with Crippen LogP contribution in [0.2, 0.25) is 0 Å². The van der Waals surface area contributed by atoms with Gasteiger partial charge in [0, 0.05) is 12.1 Å². The molecule has 0 aliphatic heterocycles. The van der Waals surface area contributed by atoms with E-state index in [0.29, 0.717) is 24.6 Å². The first-order valence-electron chi connectivity index (χ1n) is 7.25. The second kappa shape index (κ2) is 8.29. The highest BCUT2D eigenvalue weighted by atomic mass is 16.5. The number of rotatable bonds is 7. The van der Waals surface area contributed by atoms with Crippen LogP contribution in [0, 0.1) is 5.92 Å². The maximum absolute atomic E-state index is 12.0. The predicted molar refractivity (Wildman–Crippen MR) is 82.4 cm³/mol. The fourth-order valence-corrected chi connectivity index (χ4v) is 1.64. The molecule has 116 valence electrons. The summed E-state index contributed by atoms with van der Waals surface area (Å²) in [7, 11) is 0. The van der Waals surface area contributed by atoms with Crippen LogP contribution in [0.4, 0.5) is 0 Å². The fraction of sp³-hybridized carbons (Fsp3) is 0.500. The van der Waals surface area contributed by atoms with Crippen LogP contribution in [0.15, 0.2) is 24.3 Å². The van der Waals surface area contributed by atoms with Crippen LogP contribution in [0.25, 0.3) is 0 Å². The molecule has 0 heterocycles. The first-order valence-corrected chi connectivity index (χ1v) is 7.25. The molecule has 21 heavy (non-hydrogen) atoms. The highest BCUT2D eigenvalue weighted by molar-refractivity contribution is 5.97. The highest BCUT2D eigenvalue weighted by Gasteiger charge is 2.15. The number of nitrogens with one attached hydrogen (secondary N) is 2. The van der Waals surface area contributed by atoms with Gasteiger partial charge in [0.15, 0.2) is 0 Å². The second-order valence-electron chi connectivity index (χ2n) is 5.32. The van der Waals surface area contributed by atoms with E-state index in [0.717, 1.165) is 5.75 Å². The Balaban J connectivity index is 2.56. The minimum atomic E-state index is -0.561. The third-order valence-corrected chi connectivity index (χ3v) is 2.79. The average Bonchev–Trinajstić information content (AvgIpc) is 2.45. The molecule has 0 fully saturated rings. The molecule has 0 aliphatic rings. The van der Waals surface area contributed by atoms with Gasteiger partial charge in [-0.1, -0.05) is 13.8 Å². The van der Waals surface area contributed by atoms with Gasteiger partial charge in [-0.25, -0.2) is 0 Å². The van der Waals surface area contributed by atoms with E-state index in [-0.39, 0.29) is 11.8 Å². The molecule has 0 spiro atoms. The lowest BCUT2D eigenvalue weighted by atomic mass is 10.2. The number of hydrogen-bond acceptors (Lipinski definition) is 3. The van der Waals surface area contributed by atoms with Crippen LogP contribution in [0.1, 0.15) is 38.1 Å². The van der Waals surface area contributed by atoms with Crippen LogP contribution < -0.4 is 15.4 Å². The minimum absolute atomic E-state index is 0.192. The molecule has 5 heteroatoms. The Kier molecular flexibility index (Phi) is 6.72. The first-order chi connectivity index (χ1) is 9.93. The van der Waals surface area contributed by atoms with Crippen molar-refractivity contribution in [1.29, 1.82) is 0 Å². The molecule has 1 aromatic rings. The highest BCUT2D eigenvalue weighted by Crippen LogP contribution is 2.13. The summed E-state index contributed by atoms with van der Waals surface area (Å²) in [6, 6.07) is 6.34. The standard InChI is InChI=1S/C16H24N2O3/c1-5-17-15(19)12(4)18-16(20)13-6-8-14(9-7-13)21-10-11(2)3/h6-9,11-12H,5,10H2,1-4H3,(H,17,19)(H,18,20). The Morgan fingerprint density at radius 1 is 1.14 bits per heavy atom. The van der Waals surface area contributed by atoms with Crippen LogP contribution in [0.5, 0.6) is 5.75 Å². The number of amides is 2. The van der Waals surface area contributed by atoms with E-state index in [1.54, 1.807) is 31.2 Å². The number of hydrogen-bond donors (Lipinski definition) is 2. The Morgan fingerprint density at radius 2 is 1.76 bits per heavy atom. The zero-order chi connectivity index (χ0) is 15.8. The van der Waals surface area contributed by atoms with Gasteiger partial charge in [-0.15, -0.1) is 0 Å². The SMILES string of the molecule is CCNC(=O)C(C)NC(=O)c1ccc(OCC(C)C)cc1. The van der Waals surface area contributed by atoms with Gasteiger partial charge in [-0.3, -0.25) is 9.59 Å². The molecule has 0 aromatic heterocycles. The van der Waals surface area contributed by atoms with Crippen molar-refractivity contribution < 1.29 is 14.3 Å². The lowest BCUT2D eigenvalue weighted by Gasteiger charge is -2.13. The molecule has 1 aromatic carbocycles. The quantitative estimate of drug-likeness (QED) is 0.807. The molecular weight excluding hydrogens is 268 g/mol. The number of likely N-dealkylation sites (N-methyl/N-ethyl adjacent to an activating group) is 1. The Morgan fingerprint density at radius 3 is 2.29 bits per heavy atom. The summed E-state index contributed by atoms with van der Waals surface area (Å²) in [5.41, 5.74) is 0.503. The summed E-state index contributed by atoms with van der Waals surface area (Å²) in [6.07, 6.45) is 0. The van der Waals surface area contributed by atoms with E-state index in [2.05, 4.69) is 24.5 Å². The van der Waals surface area contributed by atoms with E-state index in [4.69, 9.17) is 4.74 Å². The zero-order valence-corrected chi connectivity index (χ0v) is 13.1. The third kappa shape index (κ3) is 5.85. The van der Waals surface area contributed by atoms with Crippen LogP contribution in [-0.2, 0) is 4.79 Å². The van der Waals surface area contributed by atoms with Crippen molar-refractivity contribution in [2.75, 3.05) is 13.2 Å². The van der Waals surface area contributed by atoms with E-state index in [1.165, 1.54) is 0 Å². The van der Waals surface area contributed by atoms with Gasteiger partial charge in [0.25, 0.3) is 5.91 Å². The zero-order valence-electron chi connectivity index (χ0n) is 13.1. The smallest absolute Gasteiger partial charge is 0.251 e.